The van der Waals surface area contributed by atoms with Crippen molar-refractivity contribution in [3.05, 3.63) is 60.0 Å². The van der Waals surface area contributed by atoms with Crippen LogP contribution < -0.4 is 5.32 Å². The van der Waals surface area contributed by atoms with Crippen molar-refractivity contribution in [2.24, 2.45) is 0 Å². The van der Waals surface area contributed by atoms with Gasteiger partial charge in [-0.1, -0.05) is 18.2 Å². The molecule has 0 bridgehead atoms. The number of H-pyrrole nitrogens is 2. The number of nitrogens with one attached hydrogen (secondary N) is 3. The van der Waals surface area contributed by atoms with Crippen LogP contribution in [0.3, 0.4) is 0 Å². The molecule has 0 saturated heterocycles. The van der Waals surface area contributed by atoms with Gasteiger partial charge in [-0.15, -0.1) is 12.4 Å². The first-order valence-electron chi connectivity index (χ1n) is 6.76. The first kappa shape index (κ1) is 14.7. The average Bonchev–Trinajstić information content (AvgIpc) is 3.08. The van der Waals surface area contributed by atoms with Gasteiger partial charge in [-0.25, -0.2) is 0 Å². The van der Waals surface area contributed by atoms with Crippen LogP contribution in [0.25, 0.3) is 10.9 Å². The largest absolute Gasteiger partial charge is 0.364 e. The fourth-order valence-corrected chi connectivity index (χ4v) is 2.49. The van der Waals surface area contributed by atoms with Crippen molar-refractivity contribution in [1.82, 2.24) is 15.3 Å². The Bertz CT molecular complexity index is 643. The van der Waals surface area contributed by atoms with E-state index in [0.717, 1.165) is 13.0 Å². The molecule has 2 aromatic heterocycles. The smallest absolute Gasteiger partial charge is 0.0456 e. The Morgan fingerprint density at radius 2 is 1.95 bits per heavy atom. The van der Waals surface area contributed by atoms with Gasteiger partial charge in [-0.05, 0) is 43.7 Å². The van der Waals surface area contributed by atoms with Gasteiger partial charge in [-0.3, -0.25) is 0 Å². The number of rotatable bonds is 5. The lowest BCUT2D eigenvalue weighted by Crippen LogP contribution is -2.21. The lowest BCUT2D eigenvalue weighted by atomic mass is 10.1. The van der Waals surface area contributed by atoms with Gasteiger partial charge in [0.2, 0.25) is 0 Å². The number of benzene rings is 1. The molecule has 0 aliphatic heterocycles. The summed E-state index contributed by atoms with van der Waals surface area (Å²) in [6.07, 6.45) is 5.12. The number of aromatic nitrogens is 2. The Morgan fingerprint density at radius 3 is 2.75 bits per heavy atom. The number of para-hydroxylation sites is 1. The quantitative estimate of drug-likeness (QED) is 0.657. The van der Waals surface area contributed by atoms with Crippen LogP contribution >= 0.6 is 12.4 Å². The SMILES string of the molecule is CC(NCCc1c[nH]c2ccccc12)c1ccc[nH]1.Cl. The van der Waals surface area contributed by atoms with Crippen molar-refractivity contribution in [2.75, 3.05) is 6.54 Å². The maximum atomic E-state index is 3.54. The van der Waals surface area contributed by atoms with E-state index >= 15 is 0 Å². The first-order chi connectivity index (χ1) is 9.34. The zero-order valence-electron chi connectivity index (χ0n) is 11.5. The lowest BCUT2D eigenvalue weighted by molar-refractivity contribution is 0.567. The number of fused-ring (bicyclic) bond motifs is 1. The monoisotopic (exact) mass is 289 g/mol. The Kier molecular flexibility index (Phi) is 4.88. The molecule has 106 valence electrons. The van der Waals surface area contributed by atoms with Gasteiger partial charge in [0.1, 0.15) is 0 Å². The minimum atomic E-state index is 0. The van der Waals surface area contributed by atoms with E-state index in [1.807, 2.05) is 12.3 Å². The van der Waals surface area contributed by atoms with Crippen LogP contribution in [0.5, 0.6) is 0 Å². The molecule has 1 unspecified atom stereocenters. The second-order valence-electron chi connectivity index (χ2n) is 4.91. The summed E-state index contributed by atoms with van der Waals surface area (Å²) in [5, 5.41) is 4.87. The second kappa shape index (κ2) is 6.64. The molecular formula is C16H20ClN3. The Labute approximate surface area is 125 Å². The molecule has 0 spiro atoms. The van der Waals surface area contributed by atoms with E-state index in [0.29, 0.717) is 6.04 Å². The molecule has 0 amide bonds. The fourth-order valence-electron chi connectivity index (χ4n) is 2.49. The van der Waals surface area contributed by atoms with Crippen LogP contribution in [-0.4, -0.2) is 16.5 Å². The highest BCUT2D eigenvalue weighted by molar-refractivity contribution is 5.85. The van der Waals surface area contributed by atoms with Crippen molar-refractivity contribution in [3.63, 3.8) is 0 Å². The van der Waals surface area contributed by atoms with Crippen LogP contribution in [0.2, 0.25) is 0 Å². The van der Waals surface area contributed by atoms with E-state index in [2.05, 4.69) is 58.7 Å². The van der Waals surface area contributed by atoms with E-state index in [9.17, 15) is 0 Å². The molecule has 1 aromatic carbocycles. The first-order valence-corrected chi connectivity index (χ1v) is 6.76. The minimum absolute atomic E-state index is 0. The van der Waals surface area contributed by atoms with Gasteiger partial charge in [0.05, 0.1) is 0 Å². The molecule has 3 nitrogen and oxygen atoms in total. The highest BCUT2D eigenvalue weighted by Gasteiger charge is 2.06. The Morgan fingerprint density at radius 1 is 1.10 bits per heavy atom. The molecule has 0 aliphatic rings. The van der Waals surface area contributed by atoms with Gasteiger partial charge < -0.3 is 15.3 Å². The Hall–Kier alpha value is -1.71. The second-order valence-corrected chi connectivity index (χ2v) is 4.91. The molecule has 0 fully saturated rings. The number of hydrogen-bond donors (Lipinski definition) is 3. The molecule has 4 heteroatoms. The van der Waals surface area contributed by atoms with Crippen LogP contribution in [0.15, 0.2) is 48.8 Å². The van der Waals surface area contributed by atoms with Gasteiger partial charge in [-0.2, -0.15) is 0 Å². The van der Waals surface area contributed by atoms with Gasteiger partial charge in [0, 0.05) is 35.0 Å². The summed E-state index contributed by atoms with van der Waals surface area (Å²) >= 11 is 0. The topological polar surface area (TPSA) is 43.6 Å². The molecule has 3 N–H and O–H groups in total. The molecule has 3 aromatic rings. The summed E-state index contributed by atoms with van der Waals surface area (Å²) in [6.45, 7) is 3.16. The molecule has 20 heavy (non-hydrogen) atoms. The molecule has 1 atom stereocenters. The van der Waals surface area contributed by atoms with Crippen molar-refractivity contribution < 1.29 is 0 Å². The number of hydrogen-bond acceptors (Lipinski definition) is 1. The van der Waals surface area contributed by atoms with Crippen LogP contribution in [-0.2, 0) is 6.42 Å². The zero-order valence-corrected chi connectivity index (χ0v) is 12.3. The number of aromatic amines is 2. The van der Waals surface area contributed by atoms with Gasteiger partial charge in [0.25, 0.3) is 0 Å². The maximum Gasteiger partial charge on any atom is 0.0456 e. The predicted molar refractivity (Wildman–Crippen MR) is 86.5 cm³/mol. The normalized spacial score (nSPS) is 12.2. The molecule has 0 saturated carbocycles. The Balaban J connectivity index is 0.00000147. The maximum absolute atomic E-state index is 3.54. The van der Waals surface area contributed by atoms with Crippen LogP contribution in [0, 0.1) is 0 Å². The van der Waals surface area contributed by atoms with E-state index < -0.39 is 0 Å². The average molecular weight is 290 g/mol. The molecular weight excluding hydrogens is 270 g/mol. The third-order valence-corrected chi connectivity index (χ3v) is 3.61. The molecule has 2 heterocycles. The third kappa shape index (κ3) is 3.06. The van der Waals surface area contributed by atoms with Crippen molar-refractivity contribution in [1.29, 1.82) is 0 Å². The standard InChI is InChI=1S/C16H19N3.ClH/c1-12(15-7-4-9-18-15)17-10-8-13-11-19-16-6-3-2-5-14(13)16;/h2-7,9,11-12,17-19H,8,10H2,1H3;1H. The third-order valence-electron chi connectivity index (χ3n) is 3.61. The van der Waals surface area contributed by atoms with Crippen LogP contribution in [0.1, 0.15) is 24.2 Å². The molecule has 0 radical (unpaired) electrons. The highest BCUT2D eigenvalue weighted by atomic mass is 35.5. The lowest BCUT2D eigenvalue weighted by Gasteiger charge is -2.11. The van der Waals surface area contributed by atoms with Crippen molar-refractivity contribution in [2.45, 2.75) is 19.4 Å². The summed E-state index contributed by atoms with van der Waals surface area (Å²) < 4.78 is 0. The minimum Gasteiger partial charge on any atom is -0.364 e. The van der Waals surface area contributed by atoms with Gasteiger partial charge in [0.15, 0.2) is 0 Å². The van der Waals surface area contributed by atoms with Crippen molar-refractivity contribution in [3.8, 4) is 0 Å². The van der Waals surface area contributed by atoms with E-state index in [1.165, 1.54) is 22.2 Å². The summed E-state index contributed by atoms with van der Waals surface area (Å²) in [6, 6.07) is 13.0. The van der Waals surface area contributed by atoms with Gasteiger partial charge >= 0.3 is 0 Å². The predicted octanol–water partition coefficient (Wildman–Crippen LogP) is 3.81. The van der Waals surface area contributed by atoms with Crippen molar-refractivity contribution >= 4 is 23.3 Å². The summed E-state index contributed by atoms with van der Waals surface area (Å²) in [5.41, 5.74) is 3.83. The fraction of sp³-hybridized carbons (Fsp3) is 0.250. The van der Waals surface area contributed by atoms with E-state index in [4.69, 9.17) is 0 Å². The highest BCUT2D eigenvalue weighted by Crippen LogP contribution is 2.18. The molecule has 0 aliphatic carbocycles. The zero-order chi connectivity index (χ0) is 13.1. The van der Waals surface area contributed by atoms with E-state index in [1.54, 1.807) is 0 Å². The molecule has 3 rings (SSSR count). The number of halogens is 1. The summed E-state index contributed by atoms with van der Waals surface area (Å²) in [5.74, 6) is 0. The summed E-state index contributed by atoms with van der Waals surface area (Å²) in [4.78, 5) is 6.56. The van der Waals surface area contributed by atoms with Crippen LogP contribution in [0.4, 0.5) is 0 Å². The van der Waals surface area contributed by atoms with E-state index in [-0.39, 0.29) is 12.4 Å². The summed E-state index contributed by atoms with van der Waals surface area (Å²) in [7, 11) is 0.